The van der Waals surface area contributed by atoms with Crippen LogP contribution in [0.4, 0.5) is 11.4 Å². The molecule has 1 heterocycles. The Bertz CT molecular complexity index is 490. The highest BCUT2D eigenvalue weighted by Gasteiger charge is 2.27. The van der Waals surface area contributed by atoms with Crippen molar-refractivity contribution >= 4 is 17.3 Å². The topological polar surface area (TPSA) is 64.8 Å². The lowest BCUT2D eigenvalue weighted by molar-refractivity contribution is 0.0498. The highest BCUT2D eigenvalue weighted by atomic mass is 16.5. The fraction of sp³-hybridized carbons (Fsp3) is 0.533. The number of hydrogen-bond donors (Lipinski definition) is 1. The molecule has 0 aromatic heterocycles. The lowest BCUT2D eigenvalue weighted by atomic mass is 9.95. The van der Waals surface area contributed by atoms with Crippen LogP contribution in [-0.4, -0.2) is 39.4 Å². The molecule has 0 spiro atoms. The normalized spacial score (nSPS) is 22.6. The van der Waals surface area contributed by atoms with E-state index in [1.807, 2.05) is 6.07 Å². The number of piperidine rings is 1. The van der Waals surface area contributed by atoms with Crippen LogP contribution in [0.1, 0.15) is 23.7 Å². The summed E-state index contributed by atoms with van der Waals surface area (Å²) in [6, 6.07) is 5.29. The SMILES string of the molecule is COC(=O)c1ccc(N2CCC(C)C(OC)C2)c(N)c1. The summed E-state index contributed by atoms with van der Waals surface area (Å²) in [5, 5.41) is 0. The van der Waals surface area contributed by atoms with Gasteiger partial charge in [-0.25, -0.2) is 4.79 Å². The number of methoxy groups -OCH3 is 2. The van der Waals surface area contributed by atoms with E-state index in [2.05, 4.69) is 11.8 Å². The first kappa shape index (κ1) is 14.7. The number of nitrogens with zero attached hydrogens (tertiary/aromatic N) is 1. The molecule has 0 amide bonds. The molecular weight excluding hydrogens is 256 g/mol. The van der Waals surface area contributed by atoms with Gasteiger partial charge in [-0.05, 0) is 30.5 Å². The van der Waals surface area contributed by atoms with E-state index in [0.29, 0.717) is 17.2 Å². The smallest absolute Gasteiger partial charge is 0.337 e. The van der Waals surface area contributed by atoms with Gasteiger partial charge in [-0.15, -0.1) is 0 Å². The predicted molar refractivity (Wildman–Crippen MR) is 79.0 cm³/mol. The molecule has 0 bridgehead atoms. The number of carbonyl (C=O) groups is 1. The molecule has 110 valence electrons. The van der Waals surface area contributed by atoms with E-state index in [1.54, 1.807) is 19.2 Å². The van der Waals surface area contributed by atoms with E-state index in [0.717, 1.165) is 25.2 Å². The number of nitrogen functional groups attached to an aromatic ring is 1. The first-order valence-electron chi connectivity index (χ1n) is 6.82. The van der Waals surface area contributed by atoms with Crippen molar-refractivity contribution in [2.75, 3.05) is 37.9 Å². The largest absolute Gasteiger partial charge is 0.465 e. The van der Waals surface area contributed by atoms with Gasteiger partial charge in [0.05, 0.1) is 30.2 Å². The van der Waals surface area contributed by atoms with Crippen molar-refractivity contribution in [3.8, 4) is 0 Å². The average molecular weight is 278 g/mol. The first-order chi connectivity index (χ1) is 9.56. The third-order valence-electron chi connectivity index (χ3n) is 3.98. The first-order valence-corrected chi connectivity index (χ1v) is 6.82. The molecule has 1 saturated heterocycles. The van der Waals surface area contributed by atoms with Crippen LogP contribution in [-0.2, 0) is 9.47 Å². The summed E-state index contributed by atoms with van der Waals surface area (Å²) in [6.07, 6.45) is 1.28. The molecule has 2 unspecified atom stereocenters. The number of benzene rings is 1. The van der Waals surface area contributed by atoms with Gasteiger partial charge in [0.1, 0.15) is 0 Å². The van der Waals surface area contributed by atoms with Crippen LogP contribution in [0.25, 0.3) is 0 Å². The van der Waals surface area contributed by atoms with Crippen LogP contribution in [0.5, 0.6) is 0 Å². The second-order valence-electron chi connectivity index (χ2n) is 5.25. The van der Waals surface area contributed by atoms with Crippen LogP contribution in [0, 0.1) is 5.92 Å². The third kappa shape index (κ3) is 2.88. The van der Waals surface area contributed by atoms with Gasteiger partial charge in [0.2, 0.25) is 0 Å². The van der Waals surface area contributed by atoms with E-state index in [-0.39, 0.29) is 12.1 Å². The van der Waals surface area contributed by atoms with Crippen molar-refractivity contribution in [2.45, 2.75) is 19.4 Å². The zero-order valence-electron chi connectivity index (χ0n) is 12.3. The Kier molecular flexibility index (Phi) is 4.49. The lowest BCUT2D eigenvalue weighted by Crippen LogP contribution is -2.44. The lowest BCUT2D eigenvalue weighted by Gasteiger charge is -2.38. The predicted octanol–water partition coefficient (Wildman–Crippen LogP) is 1.92. The number of esters is 1. The minimum atomic E-state index is -0.370. The van der Waals surface area contributed by atoms with Crippen LogP contribution in [0.2, 0.25) is 0 Å². The summed E-state index contributed by atoms with van der Waals surface area (Å²) in [7, 11) is 3.11. The molecule has 2 atom stereocenters. The van der Waals surface area contributed by atoms with Crippen molar-refractivity contribution < 1.29 is 14.3 Å². The van der Waals surface area contributed by atoms with E-state index >= 15 is 0 Å². The second kappa shape index (κ2) is 6.13. The van der Waals surface area contributed by atoms with Crippen molar-refractivity contribution in [3.05, 3.63) is 23.8 Å². The van der Waals surface area contributed by atoms with Gasteiger partial charge in [0.15, 0.2) is 0 Å². The van der Waals surface area contributed by atoms with Gasteiger partial charge in [-0.2, -0.15) is 0 Å². The van der Waals surface area contributed by atoms with Crippen LogP contribution < -0.4 is 10.6 Å². The fourth-order valence-corrected chi connectivity index (χ4v) is 2.65. The Balaban J connectivity index is 2.19. The van der Waals surface area contributed by atoms with Crippen LogP contribution in [0.3, 0.4) is 0 Å². The molecule has 20 heavy (non-hydrogen) atoms. The number of carbonyl (C=O) groups excluding carboxylic acids is 1. The molecule has 5 heteroatoms. The van der Waals surface area contributed by atoms with Crippen LogP contribution >= 0.6 is 0 Å². The minimum absolute atomic E-state index is 0.212. The Morgan fingerprint density at radius 3 is 2.75 bits per heavy atom. The van der Waals surface area contributed by atoms with Gasteiger partial charge in [0, 0.05) is 20.2 Å². The maximum atomic E-state index is 11.5. The highest BCUT2D eigenvalue weighted by Crippen LogP contribution is 2.29. The molecule has 5 nitrogen and oxygen atoms in total. The van der Waals surface area contributed by atoms with E-state index in [4.69, 9.17) is 15.2 Å². The van der Waals surface area contributed by atoms with Gasteiger partial charge in [-0.3, -0.25) is 0 Å². The van der Waals surface area contributed by atoms with Crippen molar-refractivity contribution in [1.29, 1.82) is 0 Å². The number of rotatable bonds is 3. The number of nitrogens with two attached hydrogens (primary N) is 1. The molecule has 1 aliphatic rings. The Morgan fingerprint density at radius 1 is 1.40 bits per heavy atom. The summed E-state index contributed by atoms with van der Waals surface area (Å²) in [5.41, 5.74) is 8.10. The average Bonchev–Trinajstić information content (AvgIpc) is 2.47. The minimum Gasteiger partial charge on any atom is -0.465 e. The summed E-state index contributed by atoms with van der Waals surface area (Å²) < 4.78 is 10.2. The summed E-state index contributed by atoms with van der Waals surface area (Å²) in [6.45, 7) is 3.97. The number of hydrogen-bond acceptors (Lipinski definition) is 5. The maximum Gasteiger partial charge on any atom is 0.337 e. The molecule has 0 aliphatic carbocycles. The molecule has 0 radical (unpaired) electrons. The van der Waals surface area contributed by atoms with Crippen molar-refractivity contribution in [3.63, 3.8) is 0 Å². The number of anilines is 2. The van der Waals surface area contributed by atoms with Gasteiger partial charge < -0.3 is 20.1 Å². The monoisotopic (exact) mass is 278 g/mol. The van der Waals surface area contributed by atoms with Gasteiger partial charge >= 0.3 is 5.97 Å². The van der Waals surface area contributed by atoms with Crippen molar-refractivity contribution in [2.24, 2.45) is 5.92 Å². The molecule has 1 aromatic rings. The standard InChI is InChI=1S/C15H22N2O3/c1-10-6-7-17(9-14(10)19-2)13-5-4-11(8-12(13)16)15(18)20-3/h4-5,8,10,14H,6-7,9,16H2,1-3H3. The summed E-state index contributed by atoms with van der Waals surface area (Å²) >= 11 is 0. The Morgan fingerprint density at radius 2 is 2.15 bits per heavy atom. The Labute approximate surface area is 119 Å². The van der Waals surface area contributed by atoms with Crippen molar-refractivity contribution in [1.82, 2.24) is 0 Å². The molecule has 2 rings (SSSR count). The van der Waals surface area contributed by atoms with Gasteiger partial charge in [-0.1, -0.05) is 6.92 Å². The quantitative estimate of drug-likeness (QED) is 0.676. The molecular formula is C15H22N2O3. The molecule has 1 fully saturated rings. The zero-order valence-corrected chi connectivity index (χ0v) is 12.3. The van der Waals surface area contributed by atoms with E-state index in [9.17, 15) is 4.79 Å². The molecule has 1 aromatic carbocycles. The molecule has 0 saturated carbocycles. The third-order valence-corrected chi connectivity index (χ3v) is 3.98. The summed E-state index contributed by atoms with van der Waals surface area (Å²) in [4.78, 5) is 13.7. The van der Waals surface area contributed by atoms with Gasteiger partial charge in [0.25, 0.3) is 0 Å². The summed E-state index contributed by atoms with van der Waals surface area (Å²) in [5.74, 6) is 0.178. The van der Waals surface area contributed by atoms with Crippen LogP contribution in [0.15, 0.2) is 18.2 Å². The molecule has 2 N–H and O–H groups in total. The highest BCUT2D eigenvalue weighted by molar-refractivity contribution is 5.92. The van der Waals surface area contributed by atoms with E-state index < -0.39 is 0 Å². The maximum absolute atomic E-state index is 11.5. The molecule has 1 aliphatic heterocycles. The Hall–Kier alpha value is -1.75. The zero-order chi connectivity index (χ0) is 14.7. The number of ether oxygens (including phenoxy) is 2. The second-order valence-corrected chi connectivity index (χ2v) is 5.25. The van der Waals surface area contributed by atoms with E-state index in [1.165, 1.54) is 7.11 Å². The fourth-order valence-electron chi connectivity index (χ4n) is 2.65.